The smallest absolute Gasteiger partial charge is 0.312 e. The van der Waals surface area contributed by atoms with E-state index in [1.807, 2.05) is 34.9 Å². The zero-order chi connectivity index (χ0) is 55.3. The fourth-order valence-corrected chi connectivity index (χ4v) is 11.3. The van der Waals surface area contributed by atoms with Gasteiger partial charge < -0.3 is 46.3 Å². The molecule has 2 saturated heterocycles. The van der Waals surface area contributed by atoms with Crippen molar-refractivity contribution in [2.45, 2.75) is 108 Å². The summed E-state index contributed by atoms with van der Waals surface area (Å²) in [7, 11) is 0. The van der Waals surface area contributed by atoms with E-state index >= 15 is 4.39 Å². The molecule has 0 bridgehead atoms. The Labute approximate surface area is 450 Å². The number of amides is 8. The van der Waals surface area contributed by atoms with E-state index in [1.54, 1.807) is 35.4 Å². The van der Waals surface area contributed by atoms with Gasteiger partial charge in [0.1, 0.15) is 29.6 Å². The highest BCUT2D eigenvalue weighted by Gasteiger charge is 2.53. The van der Waals surface area contributed by atoms with Gasteiger partial charge in [0.15, 0.2) is 5.78 Å². The number of ketones is 1. The molecule has 3 aromatic carbocycles. The number of primary amides is 1. The first-order chi connectivity index (χ1) is 37.6. The number of rotatable bonds is 24. The second-order valence-electron chi connectivity index (χ2n) is 20.5. The maximum absolute atomic E-state index is 15.3. The van der Waals surface area contributed by atoms with Gasteiger partial charge in [0.25, 0.3) is 11.8 Å². The van der Waals surface area contributed by atoms with Gasteiger partial charge in [0.2, 0.25) is 23.6 Å². The molecule has 21 heteroatoms. The average molecular weight is 1080 g/mol. The molecule has 2 unspecified atom stereocenters. The van der Waals surface area contributed by atoms with Gasteiger partial charge in [-0.1, -0.05) is 48.9 Å². The lowest BCUT2D eigenvalue weighted by atomic mass is 9.66. The van der Waals surface area contributed by atoms with Crippen LogP contribution in [0.2, 0.25) is 0 Å². The van der Waals surface area contributed by atoms with Crippen LogP contribution in [0.5, 0.6) is 0 Å². The highest BCUT2D eigenvalue weighted by molar-refractivity contribution is 6.12. The number of aliphatic hydroxyl groups is 1. The van der Waals surface area contributed by atoms with Gasteiger partial charge >= 0.3 is 6.03 Å². The van der Waals surface area contributed by atoms with Crippen LogP contribution in [0.25, 0.3) is 11.3 Å². The van der Waals surface area contributed by atoms with E-state index in [0.29, 0.717) is 89.2 Å². The third-order valence-electron chi connectivity index (χ3n) is 15.3. The Morgan fingerprint density at radius 1 is 0.833 bits per heavy atom. The van der Waals surface area contributed by atoms with Crippen molar-refractivity contribution in [1.82, 2.24) is 35.3 Å². The number of nitrogens with one attached hydrogen (secondary N) is 4. The highest BCUT2D eigenvalue weighted by atomic mass is 19.1. The van der Waals surface area contributed by atoms with E-state index in [-0.39, 0.29) is 91.3 Å². The molecule has 3 aliphatic heterocycles. The molecule has 7 N–H and O–H groups in total. The third-order valence-corrected chi connectivity index (χ3v) is 15.3. The standard InChI is InChI=1S/C57H67F2N9O10/c58-39-15-18-43(59)41(31-39)45-34-66(33-36-8-3-1-4-9-36)55(65-45)51(37-23-28-78-29-24-37)42-30-38-22-27-68(52(38)54(75)53(42)74)50(73)19-14-35-12-16-40(17-13-35)63-56(76)44(10-7-25-61-57(60)77)64-47(70)32-62-46(69)11-5-2-6-26-67-48(71)20-21-49(67)72/h1,3-4,8-9,12-13,15-18,20-21,31,34,37-38,42,44,51-52,54,75H,2,5-7,10-11,14,19,22-30,32-33H2,(H,62,69)(H,63,76)(H,64,70)(H3,60,61,77)/t38-,42?,44+,51+,52?,54+/m1/s1. The number of aliphatic hydroxyl groups excluding tert-OH is 1. The maximum Gasteiger partial charge on any atom is 0.312 e. The zero-order valence-electron chi connectivity index (χ0n) is 43.4. The van der Waals surface area contributed by atoms with Gasteiger partial charge in [-0.15, -0.1) is 0 Å². The highest BCUT2D eigenvalue weighted by Crippen LogP contribution is 2.48. The van der Waals surface area contributed by atoms with Crippen LogP contribution in [0.1, 0.15) is 93.5 Å². The lowest BCUT2D eigenvalue weighted by Crippen LogP contribution is -2.55. The summed E-state index contributed by atoms with van der Waals surface area (Å²) in [5.74, 6) is -4.95. The lowest BCUT2D eigenvalue weighted by Gasteiger charge is -2.43. The number of aryl methyl sites for hydroxylation is 1. The predicted molar refractivity (Wildman–Crippen MR) is 282 cm³/mol. The van der Waals surface area contributed by atoms with E-state index in [4.69, 9.17) is 15.5 Å². The Kier molecular flexibility index (Phi) is 19.3. The van der Waals surface area contributed by atoms with Gasteiger partial charge in [-0.3, -0.25) is 38.5 Å². The van der Waals surface area contributed by atoms with E-state index in [0.717, 1.165) is 34.2 Å². The summed E-state index contributed by atoms with van der Waals surface area (Å²) in [6.07, 6.45) is 7.45. The lowest BCUT2D eigenvalue weighted by molar-refractivity contribution is -0.147. The van der Waals surface area contributed by atoms with Crippen LogP contribution in [0.3, 0.4) is 0 Å². The van der Waals surface area contributed by atoms with E-state index < -0.39 is 66.0 Å². The molecule has 4 heterocycles. The number of ether oxygens (including phenoxy) is 1. The number of imidazole rings is 1. The first-order valence-corrected chi connectivity index (χ1v) is 26.8. The van der Waals surface area contributed by atoms with E-state index in [9.17, 15) is 47.9 Å². The minimum atomic E-state index is -1.45. The number of nitrogens with zero attached hydrogens (tertiary/aromatic N) is 4. The number of nitrogens with two attached hydrogens (primary N) is 1. The first-order valence-electron chi connectivity index (χ1n) is 26.8. The Morgan fingerprint density at radius 2 is 1.58 bits per heavy atom. The number of hydrogen-bond acceptors (Lipinski definition) is 11. The molecule has 3 fully saturated rings. The minimum Gasteiger partial charge on any atom is -0.383 e. The normalized spacial score (nSPS) is 20.1. The van der Waals surface area contributed by atoms with Crippen LogP contribution in [-0.2, 0) is 51.3 Å². The number of unbranched alkanes of at least 4 members (excludes halogenated alkanes) is 2. The number of Topliss-reactive ketones (excluding diaryl/α,β-unsaturated/α-hetero) is 1. The summed E-state index contributed by atoms with van der Waals surface area (Å²) < 4.78 is 37.5. The van der Waals surface area contributed by atoms with Gasteiger partial charge in [-0.25, -0.2) is 18.6 Å². The summed E-state index contributed by atoms with van der Waals surface area (Å²) in [4.78, 5) is 110. The number of fused-ring (bicyclic) bond motifs is 1. The number of anilines is 1. The monoisotopic (exact) mass is 1080 g/mol. The molecule has 1 aliphatic carbocycles. The van der Waals surface area contributed by atoms with Crippen LogP contribution < -0.4 is 27.0 Å². The number of urea groups is 1. The number of carbonyl (C=O) groups is 8. The van der Waals surface area contributed by atoms with Gasteiger partial charge in [-0.05, 0) is 111 Å². The fourth-order valence-electron chi connectivity index (χ4n) is 11.3. The Balaban J connectivity index is 0.860. The largest absolute Gasteiger partial charge is 0.383 e. The van der Waals surface area contributed by atoms with Crippen LogP contribution in [0.15, 0.2) is 91.1 Å². The molecule has 1 saturated carbocycles. The van der Waals surface area contributed by atoms with E-state index in [1.165, 1.54) is 12.2 Å². The van der Waals surface area contributed by atoms with Crippen molar-refractivity contribution in [1.29, 1.82) is 0 Å². The minimum absolute atomic E-state index is 0.00320. The molecule has 0 radical (unpaired) electrons. The van der Waals surface area contributed by atoms with Crippen molar-refractivity contribution in [2.24, 2.45) is 23.5 Å². The average Bonchev–Trinajstić information content (AvgIpc) is 4.23. The first kappa shape index (κ1) is 56.6. The number of aromatic nitrogens is 2. The van der Waals surface area contributed by atoms with Crippen molar-refractivity contribution in [3.8, 4) is 11.3 Å². The van der Waals surface area contributed by atoms with Crippen LogP contribution in [-0.4, -0.2) is 129 Å². The van der Waals surface area contributed by atoms with Crippen molar-refractivity contribution >= 4 is 52.9 Å². The van der Waals surface area contributed by atoms with Crippen molar-refractivity contribution in [2.75, 3.05) is 44.7 Å². The number of benzene rings is 3. The zero-order valence-corrected chi connectivity index (χ0v) is 43.4. The molecule has 414 valence electrons. The summed E-state index contributed by atoms with van der Waals surface area (Å²) in [5.41, 5.74) is 7.57. The molecule has 4 aromatic rings. The van der Waals surface area contributed by atoms with Crippen molar-refractivity contribution in [3.05, 3.63) is 120 Å². The Hall–Kier alpha value is -7.65. The summed E-state index contributed by atoms with van der Waals surface area (Å²) >= 11 is 0. The van der Waals surface area contributed by atoms with Crippen molar-refractivity contribution < 1.29 is 57.0 Å². The number of likely N-dealkylation sites (tertiary alicyclic amines) is 1. The molecule has 0 spiro atoms. The molecule has 19 nitrogen and oxygen atoms in total. The molecule has 8 rings (SSSR count). The molecule has 78 heavy (non-hydrogen) atoms. The van der Waals surface area contributed by atoms with Crippen molar-refractivity contribution in [3.63, 3.8) is 0 Å². The fraction of sp³-hybridized carbons (Fsp3) is 0.456. The topological polar surface area (TPSA) is 264 Å². The predicted octanol–water partition coefficient (Wildman–Crippen LogP) is 4.66. The summed E-state index contributed by atoms with van der Waals surface area (Å²) in [6, 6.07) is 17.2. The Morgan fingerprint density at radius 3 is 2.31 bits per heavy atom. The van der Waals surface area contributed by atoms with Gasteiger partial charge in [0.05, 0.1) is 18.3 Å². The van der Waals surface area contributed by atoms with E-state index in [2.05, 4.69) is 21.3 Å². The van der Waals surface area contributed by atoms with Gasteiger partial charge in [0, 0.05) is 93.7 Å². The quantitative estimate of drug-likeness (QED) is 0.0415. The number of carbonyl (C=O) groups excluding carboxylic acids is 8. The molecular formula is C57H67F2N9O10. The number of imide groups is 1. The molecular weight excluding hydrogens is 1010 g/mol. The Bertz CT molecular complexity index is 2840. The second-order valence-corrected chi connectivity index (χ2v) is 20.5. The van der Waals surface area contributed by atoms with Crippen LogP contribution in [0.4, 0.5) is 19.3 Å². The summed E-state index contributed by atoms with van der Waals surface area (Å²) in [6.45, 7) is 1.68. The molecule has 6 atom stereocenters. The third kappa shape index (κ3) is 14.5. The van der Waals surface area contributed by atoms with Crippen LogP contribution >= 0.6 is 0 Å². The maximum atomic E-state index is 15.3. The summed E-state index contributed by atoms with van der Waals surface area (Å²) in [5, 5.41) is 22.4. The SMILES string of the molecule is NC(=O)NCCC[C@H](NC(=O)CNC(=O)CCCCCN1C(=O)C=CC1=O)C(=O)Nc1ccc(CCC(=O)N2CC[C@@H]3CC([C@@H](c4nc(-c5cc(F)ccc5F)cn4Cc4ccccc4)C4CCOCC4)C(=O)[C@@H](O)C32)cc1. The molecule has 1 aromatic heterocycles. The molecule has 4 aliphatic rings. The molecule has 8 amide bonds. The second kappa shape index (κ2) is 26.6. The van der Waals surface area contributed by atoms with Gasteiger partial charge in [-0.2, -0.15) is 0 Å². The number of hydrogen-bond donors (Lipinski definition) is 6. The van der Waals surface area contributed by atoms with Crippen LogP contribution in [0, 0.1) is 29.4 Å². The number of halogens is 2.